The highest BCUT2D eigenvalue weighted by Crippen LogP contribution is 2.34. The van der Waals surface area contributed by atoms with Gasteiger partial charge in [0.1, 0.15) is 5.75 Å². The summed E-state index contributed by atoms with van der Waals surface area (Å²) < 4.78 is 5.57. The summed E-state index contributed by atoms with van der Waals surface area (Å²) in [6, 6.07) is 12.6. The third kappa shape index (κ3) is 4.54. The molecule has 3 rings (SSSR count). The molecule has 0 radical (unpaired) electrons. The molecule has 0 saturated carbocycles. The number of carbonyl (C=O) groups excluding carboxylic acids is 3. The molecule has 0 saturated heterocycles. The fourth-order valence-electron chi connectivity index (χ4n) is 2.92. The lowest BCUT2D eigenvalue weighted by atomic mass is 10.1. The number of anilines is 2. The summed E-state index contributed by atoms with van der Waals surface area (Å²) in [4.78, 5) is 38.1. The van der Waals surface area contributed by atoms with Crippen molar-refractivity contribution in [3.8, 4) is 5.75 Å². The fraction of sp³-hybridized carbons (Fsp3) is 0.286. The van der Waals surface area contributed by atoms with Crippen molar-refractivity contribution < 1.29 is 19.1 Å². The molecule has 28 heavy (non-hydrogen) atoms. The van der Waals surface area contributed by atoms with E-state index in [2.05, 4.69) is 5.32 Å². The van der Waals surface area contributed by atoms with Gasteiger partial charge in [0.05, 0.1) is 17.2 Å². The van der Waals surface area contributed by atoms with E-state index in [0.29, 0.717) is 17.0 Å². The molecule has 6 nitrogen and oxygen atoms in total. The van der Waals surface area contributed by atoms with E-state index in [4.69, 9.17) is 4.74 Å². The number of aryl methyl sites for hydroxylation is 1. The molecule has 1 aliphatic rings. The second kappa shape index (κ2) is 8.48. The van der Waals surface area contributed by atoms with E-state index in [-0.39, 0.29) is 29.1 Å². The number of rotatable bonds is 6. The Balaban J connectivity index is 1.55. The second-order valence-electron chi connectivity index (χ2n) is 6.67. The number of carbonyl (C=O) groups is 3. The Hall–Kier alpha value is -2.80. The van der Waals surface area contributed by atoms with Crippen molar-refractivity contribution in [2.45, 2.75) is 20.0 Å². The van der Waals surface area contributed by atoms with Crippen LogP contribution in [0.1, 0.15) is 22.8 Å². The van der Waals surface area contributed by atoms with Crippen LogP contribution < -0.4 is 15.0 Å². The number of fused-ring (bicyclic) bond motifs is 1. The van der Waals surface area contributed by atoms with E-state index in [9.17, 15) is 14.4 Å². The Kier molecular flexibility index (Phi) is 6.04. The lowest BCUT2D eigenvalue weighted by Crippen LogP contribution is -2.42. The van der Waals surface area contributed by atoms with Crippen LogP contribution in [0.2, 0.25) is 0 Å². The van der Waals surface area contributed by atoms with Gasteiger partial charge in [-0.2, -0.15) is 0 Å². The highest BCUT2D eigenvalue weighted by Gasteiger charge is 2.29. The zero-order valence-electron chi connectivity index (χ0n) is 16.0. The van der Waals surface area contributed by atoms with Crippen molar-refractivity contribution in [3.05, 3.63) is 53.6 Å². The van der Waals surface area contributed by atoms with E-state index < -0.39 is 6.10 Å². The van der Waals surface area contributed by atoms with Crippen LogP contribution in [0.15, 0.2) is 42.5 Å². The number of likely N-dealkylation sites (N-methyl/N-ethyl adjacent to an activating group) is 1. The van der Waals surface area contributed by atoms with E-state index in [1.807, 2.05) is 31.2 Å². The van der Waals surface area contributed by atoms with Crippen molar-refractivity contribution in [3.63, 3.8) is 0 Å². The van der Waals surface area contributed by atoms with Gasteiger partial charge in [-0.15, -0.1) is 11.8 Å². The standard InChI is InChI=1S/C21H22N2O4S/c1-13-5-4-6-16(9-13)22-20(25)12-28-11-18(24)15-7-8-19-17(10-15)23(3)21(26)14(2)27-19/h4-10,14H,11-12H2,1-3H3,(H,22,25). The van der Waals surface area contributed by atoms with Gasteiger partial charge >= 0.3 is 0 Å². The summed E-state index contributed by atoms with van der Waals surface area (Å²) in [5.74, 6) is 0.534. The summed E-state index contributed by atoms with van der Waals surface area (Å²) in [6.45, 7) is 3.65. The molecule has 0 bridgehead atoms. The summed E-state index contributed by atoms with van der Waals surface area (Å²) >= 11 is 1.25. The van der Waals surface area contributed by atoms with Crippen LogP contribution in [0.4, 0.5) is 11.4 Å². The monoisotopic (exact) mass is 398 g/mol. The number of nitrogens with one attached hydrogen (secondary N) is 1. The number of nitrogens with zero attached hydrogens (tertiary/aromatic N) is 1. The minimum atomic E-state index is -0.540. The zero-order chi connectivity index (χ0) is 20.3. The fourth-order valence-corrected chi connectivity index (χ4v) is 3.64. The van der Waals surface area contributed by atoms with Gasteiger partial charge in [-0.05, 0) is 49.7 Å². The summed E-state index contributed by atoms with van der Waals surface area (Å²) in [5, 5.41) is 2.82. The first-order valence-corrected chi connectivity index (χ1v) is 10.1. The molecule has 0 aromatic heterocycles. The van der Waals surface area contributed by atoms with Gasteiger partial charge in [0.2, 0.25) is 5.91 Å². The van der Waals surface area contributed by atoms with Crippen molar-refractivity contribution >= 4 is 40.7 Å². The molecule has 2 aromatic carbocycles. The zero-order valence-corrected chi connectivity index (χ0v) is 16.8. The highest BCUT2D eigenvalue weighted by atomic mass is 32.2. The van der Waals surface area contributed by atoms with Crippen LogP contribution in [0, 0.1) is 6.92 Å². The molecule has 0 spiro atoms. The largest absolute Gasteiger partial charge is 0.479 e. The molecular weight excluding hydrogens is 376 g/mol. The van der Waals surface area contributed by atoms with Crippen LogP contribution in [0.5, 0.6) is 5.75 Å². The average molecular weight is 398 g/mol. The van der Waals surface area contributed by atoms with Gasteiger partial charge in [-0.1, -0.05) is 12.1 Å². The van der Waals surface area contributed by atoms with Gasteiger partial charge in [-0.3, -0.25) is 14.4 Å². The summed E-state index contributed by atoms with van der Waals surface area (Å²) in [7, 11) is 1.67. The summed E-state index contributed by atoms with van der Waals surface area (Å²) in [6.07, 6.45) is -0.540. The van der Waals surface area contributed by atoms with Crippen LogP contribution in [0.25, 0.3) is 0 Å². The molecule has 0 aliphatic carbocycles. The third-order valence-corrected chi connectivity index (χ3v) is 5.33. The minimum Gasteiger partial charge on any atom is -0.479 e. The predicted octanol–water partition coefficient (Wildman–Crippen LogP) is 3.29. The van der Waals surface area contributed by atoms with Gasteiger partial charge < -0.3 is 15.0 Å². The number of hydrogen-bond acceptors (Lipinski definition) is 5. The lowest BCUT2D eigenvalue weighted by Gasteiger charge is -2.30. The number of ketones is 1. The Labute approximate surface area is 168 Å². The number of benzene rings is 2. The number of ether oxygens (including phenoxy) is 1. The molecule has 2 amide bonds. The van der Waals surface area contributed by atoms with Crippen molar-refractivity contribution in [1.29, 1.82) is 0 Å². The van der Waals surface area contributed by atoms with E-state index in [0.717, 1.165) is 11.3 Å². The smallest absolute Gasteiger partial charge is 0.267 e. The second-order valence-corrected chi connectivity index (χ2v) is 7.66. The van der Waals surface area contributed by atoms with Crippen LogP contribution in [-0.4, -0.2) is 42.3 Å². The van der Waals surface area contributed by atoms with E-state index in [1.54, 1.807) is 32.2 Å². The van der Waals surface area contributed by atoms with Crippen molar-refractivity contribution in [2.75, 3.05) is 28.8 Å². The van der Waals surface area contributed by atoms with Gasteiger partial charge in [-0.25, -0.2) is 0 Å². The first kappa shape index (κ1) is 19.9. The molecule has 1 aliphatic heterocycles. The topological polar surface area (TPSA) is 75.7 Å². The molecule has 1 atom stereocenters. The maximum absolute atomic E-state index is 12.5. The SMILES string of the molecule is Cc1cccc(NC(=O)CSCC(=O)c2ccc3c(c2)N(C)C(=O)C(C)O3)c1. The molecule has 146 valence electrons. The molecular formula is C21H22N2O4S. The number of Topliss-reactive ketones (excluding diaryl/α,β-unsaturated/α-hetero) is 1. The molecule has 2 aromatic rings. The van der Waals surface area contributed by atoms with Gasteiger partial charge in [0, 0.05) is 18.3 Å². The Morgan fingerprint density at radius 1 is 1.18 bits per heavy atom. The van der Waals surface area contributed by atoms with Crippen LogP contribution >= 0.6 is 11.8 Å². The number of hydrogen-bond donors (Lipinski definition) is 1. The maximum Gasteiger partial charge on any atom is 0.267 e. The number of thioether (sulfide) groups is 1. The molecule has 1 heterocycles. The molecule has 1 N–H and O–H groups in total. The third-order valence-electron chi connectivity index (χ3n) is 4.39. The molecule has 0 fully saturated rings. The maximum atomic E-state index is 12.5. The Morgan fingerprint density at radius 3 is 2.71 bits per heavy atom. The molecule has 1 unspecified atom stereocenters. The van der Waals surface area contributed by atoms with Crippen LogP contribution in [0.3, 0.4) is 0 Å². The van der Waals surface area contributed by atoms with Crippen molar-refractivity contribution in [2.24, 2.45) is 0 Å². The first-order chi connectivity index (χ1) is 13.3. The normalized spacial score (nSPS) is 15.6. The average Bonchev–Trinajstić information content (AvgIpc) is 2.66. The van der Waals surface area contributed by atoms with E-state index >= 15 is 0 Å². The highest BCUT2D eigenvalue weighted by molar-refractivity contribution is 8.00. The Bertz CT molecular complexity index is 928. The Morgan fingerprint density at radius 2 is 1.96 bits per heavy atom. The lowest BCUT2D eigenvalue weighted by molar-refractivity contribution is -0.125. The first-order valence-electron chi connectivity index (χ1n) is 8.91. The number of amides is 2. The quantitative estimate of drug-likeness (QED) is 0.756. The van der Waals surface area contributed by atoms with Gasteiger partial charge in [0.15, 0.2) is 11.9 Å². The van der Waals surface area contributed by atoms with Crippen molar-refractivity contribution in [1.82, 2.24) is 0 Å². The van der Waals surface area contributed by atoms with Gasteiger partial charge in [0.25, 0.3) is 5.91 Å². The van der Waals surface area contributed by atoms with Crippen LogP contribution in [-0.2, 0) is 9.59 Å². The summed E-state index contributed by atoms with van der Waals surface area (Å²) in [5.41, 5.74) is 2.88. The predicted molar refractivity (Wildman–Crippen MR) is 111 cm³/mol. The minimum absolute atomic E-state index is 0.101. The molecule has 7 heteroatoms. The van der Waals surface area contributed by atoms with E-state index in [1.165, 1.54) is 16.7 Å².